The van der Waals surface area contributed by atoms with Gasteiger partial charge in [0.25, 0.3) is 5.91 Å². The third-order valence-electron chi connectivity index (χ3n) is 2.77. The maximum absolute atomic E-state index is 12.3. The first-order chi connectivity index (χ1) is 8.27. The van der Waals surface area contributed by atoms with Crippen LogP contribution in [0.2, 0.25) is 0 Å². The molecule has 2 aromatic heterocycles. The summed E-state index contributed by atoms with van der Waals surface area (Å²) in [6, 6.07) is 5.91. The van der Waals surface area contributed by atoms with E-state index in [4.69, 9.17) is 0 Å². The Balaban J connectivity index is 2.34. The number of hydrogen-bond donors (Lipinski definition) is 0. The summed E-state index contributed by atoms with van der Waals surface area (Å²) < 4.78 is 1.98. The first-order valence-electron chi connectivity index (χ1n) is 5.78. The van der Waals surface area contributed by atoms with Gasteiger partial charge in [0, 0.05) is 25.5 Å². The van der Waals surface area contributed by atoms with Crippen molar-refractivity contribution < 1.29 is 4.79 Å². The van der Waals surface area contributed by atoms with Crippen LogP contribution in [0.5, 0.6) is 0 Å². The van der Waals surface area contributed by atoms with Gasteiger partial charge in [0.15, 0.2) is 0 Å². The summed E-state index contributed by atoms with van der Waals surface area (Å²) in [6.45, 7) is 5.51. The van der Waals surface area contributed by atoms with Crippen molar-refractivity contribution >= 4 is 17.2 Å². The molecule has 0 unspecified atom stereocenters. The highest BCUT2D eigenvalue weighted by Gasteiger charge is 2.18. The predicted octanol–water partition coefficient (Wildman–Crippen LogP) is 3.02. The number of aromatic nitrogens is 1. The normalized spacial score (nSPS) is 10.5. The van der Waals surface area contributed by atoms with Crippen molar-refractivity contribution in [3.63, 3.8) is 0 Å². The van der Waals surface area contributed by atoms with Crippen LogP contribution < -0.4 is 0 Å². The van der Waals surface area contributed by atoms with Crippen molar-refractivity contribution in [1.82, 2.24) is 9.47 Å². The van der Waals surface area contributed by atoms with Crippen LogP contribution in [0.25, 0.3) is 5.69 Å². The van der Waals surface area contributed by atoms with Crippen molar-refractivity contribution in [1.29, 1.82) is 0 Å². The molecule has 2 rings (SSSR count). The lowest BCUT2D eigenvalue weighted by Crippen LogP contribution is -2.30. The first kappa shape index (κ1) is 11.9. The molecular formula is C13H16N2OS. The van der Waals surface area contributed by atoms with Gasteiger partial charge in [0.05, 0.1) is 5.69 Å². The average molecular weight is 248 g/mol. The van der Waals surface area contributed by atoms with Crippen molar-refractivity contribution in [2.24, 2.45) is 0 Å². The number of amides is 1. The van der Waals surface area contributed by atoms with Gasteiger partial charge in [0.1, 0.15) is 4.88 Å². The zero-order valence-electron chi connectivity index (χ0n) is 10.1. The molecular weight excluding hydrogens is 232 g/mol. The van der Waals surface area contributed by atoms with Gasteiger partial charge in [-0.2, -0.15) is 0 Å². The fourth-order valence-electron chi connectivity index (χ4n) is 1.82. The molecule has 0 aromatic carbocycles. The summed E-state index contributed by atoms with van der Waals surface area (Å²) in [6.07, 6.45) is 3.92. The lowest BCUT2D eigenvalue weighted by molar-refractivity contribution is 0.0778. The zero-order valence-corrected chi connectivity index (χ0v) is 10.9. The van der Waals surface area contributed by atoms with Crippen LogP contribution >= 0.6 is 11.3 Å². The van der Waals surface area contributed by atoms with E-state index in [1.54, 1.807) is 0 Å². The van der Waals surface area contributed by atoms with Gasteiger partial charge in [0.2, 0.25) is 0 Å². The third kappa shape index (κ3) is 2.26. The number of carbonyl (C=O) groups excluding carboxylic acids is 1. The second-order valence-electron chi connectivity index (χ2n) is 3.70. The molecule has 0 atom stereocenters. The number of nitrogens with zero attached hydrogens (tertiary/aromatic N) is 2. The highest BCUT2D eigenvalue weighted by Crippen LogP contribution is 2.22. The van der Waals surface area contributed by atoms with Crippen LogP contribution in [0.3, 0.4) is 0 Å². The van der Waals surface area contributed by atoms with Gasteiger partial charge in [-0.05, 0) is 37.4 Å². The fraction of sp³-hybridized carbons (Fsp3) is 0.308. The molecule has 0 N–H and O–H groups in total. The zero-order chi connectivity index (χ0) is 12.3. The van der Waals surface area contributed by atoms with Crippen LogP contribution in [0, 0.1) is 0 Å². The fourth-order valence-corrected chi connectivity index (χ4v) is 2.67. The van der Waals surface area contributed by atoms with E-state index in [2.05, 4.69) is 0 Å². The minimum atomic E-state index is 0.119. The van der Waals surface area contributed by atoms with Gasteiger partial charge in [-0.25, -0.2) is 0 Å². The molecule has 0 aliphatic heterocycles. The summed E-state index contributed by atoms with van der Waals surface area (Å²) >= 11 is 1.50. The highest BCUT2D eigenvalue weighted by molar-refractivity contribution is 7.12. The Labute approximate surface area is 105 Å². The van der Waals surface area contributed by atoms with Crippen LogP contribution in [-0.4, -0.2) is 28.5 Å². The van der Waals surface area contributed by atoms with Crippen LogP contribution in [-0.2, 0) is 0 Å². The van der Waals surface area contributed by atoms with E-state index in [-0.39, 0.29) is 5.91 Å². The molecule has 3 nitrogen and oxygen atoms in total. The third-order valence-corrected chi connectivity index (χ3v) is 3.66. The van der Waals surface area contributed by atoms with Crippen LogP contribution in [0.4, 0.5) is 0 Å². The topological polar surface area (TPSA) is 25.2 Å². The molecule has 0 bridgehead atoms. The minimum absolute atomic E-state index is 0.119. The van der Waals surface area contributed by atoms with E-state index in [9.17, 15) is 4.79 Å². The molecule has 0 fully saturated rings. The van der Waals surface area contributed by atoms with Gasteiger partial charge in [-0.15, -0.1) is 11.3 Å². The molecule has 0 aliphatic rings. The minimum Gasteiger partial charge on any atom is -0.338 e. The van der Waals surface area contributed by atoms with Crippen molar-refractivity contribution in [3.8, 4) is 5.69 Å². The summed E-state index contributed by atoms with van der Waals surface area (Å²) in [5, 5.41) is 1.96. The molecule has 17 heavy (non-hydrogen) atoms. The lowest BCUT2D eigenvalue weighted by atomic mass is 10.3. The average Bonchev–Trinajstić information content (AvgIpc) is 3.01. The van der Waals surface area contributed by atoms with Crippen molar-refractivity contribution in [3.05, 3.63) is 40.8 Å². The van der Waals surface area contributed by atoms with Gasteiger partial charge < -0.3 is 9.47 Å². The van der Waals surface area contributed by atoms with Crippen LogP contribution in [0.1, 0.15) is 23.5 Å². The molecule has 2 heterocycles. The Bertz CT molecular complexity index is 483. The number of rotatable bonds is 4. The van der Waals surface area contributed by atoms with E-state index in [0.717, 1.165) is 23.7 Å². The summed E-state index contributed by atoms with van der Waals surface area (Å²) in [4.78, 5) is 15.0. The van der Waals surface area contributed by atoms with E-state index in [1.807, 2.05) is 59.3 Å². The molecule has 0 aliphatic carbocycles. The second kappa shape index (κ2) is 5.19. The molecule has 90 valence electrons. The summed E-state index contributed by atoms with van der Waals surface area (Å²) in [5.41, 5.74) is 0.969. The van der Waals surface area contributed by atoms with E-state index < -0.39 is 0 Å². The Morgan fingerprint density at radius 2 is 1.94 bits per heavy atom. The van der Waals surface area contributed by atoms with E-state index in [1.165, 1.54) is 11.3 Å². The molecule has 0 saturated heterocycles. The Hall–Kier alpha value is -1.55. The standard InChI is InChI=1S/C13H16N2OS/c1-3-14(4-2)13(16)12-11(7-10-17-12)15-8-5-6-9-15/h5-10H,3-4H2,1-2H3. The Morgan fingerprint density at radius 3 is 2.53 bits per heavy atom. The van der Waals surface area contributed by atoms with Crippen molar-refractivity contribution in [2.45, 2.75) is 13.8 Å². The van der Waals surface area contributed by atoms with Crippen molar-refractivity contribution in [2.75, 3.05) is 13.1 Å². The monoisotopic (exact) mass is 248 g/mol. The van der Waals surface area contributed by atoms with E-state index in [0.29, 0.717) is 0 Å². The summed E-state index contributed by atoms with van der Waals surface area (Å²) in [5.74, 6) is 0.119. The molecule has 0 radical (unpaired) electrons. The number of thiophene rings is 1. The second-order valence-corrected chi connectivity index (χ2v) is 4.62. The largest absolute Gasteiger partial charge is 0.338 e. The summed E-state index contributed by atoms with van der Waals surface area (Å²) in [7, 11) is 0. The smallest absolute Gasteiger partial charge is 0.266 e. The molecule has 0 saturated carbocycles. The maximum atomic E-state index is 12.3. The van der Waals surface area contributed by atoms with Gasteiger partial charge >= 0.3 is 0 Å². The van der Waals surface area contributed by atoms with Gasteiger partial charge in [-0.1, -0.05) is 0 Å². The Kier molecular flexibility index (Phi) is 3.64. The molecule has 1 amide bonds. The Morgan fingerprint density at radius 1 is 1.29 bits per heavy atom. The number of carbonyl (C=O) groups is 1. The molecule has 2 aromatic rings. The number of hydrogen-bond acceptors (Lipinski definition) is 2. The SMILES string of the molecule is CCN(CC)C(=O)c1sccc1-n1cccc1. The van der Waals surface area contributed by atoms with E-state index >= 15 is 0 Å². The molecule has 0 spiro atoms. The predicted molar refractivity (Wildman–Crippen MR) is 70.9 cm³/mol. The first-order valence-corrected chi connectivity index (χ1v) is 6.66. The highest BCUT2D eigenvalue weighted by atomic mass is 32.1. The molecule has 4 heteroatoms. The van der Waals surface area contributed by atoms with Gasteiger partial charge in [-0.3, -0.25) is 4.79 Å². The van der Waals surface area contributed by atoms with Crippen LogP contribution in [0.15, 0.2) is 36.0 Å². The lowest BCUT2D eigenvalue weighted by Gasteiger charge is -2.18. The maximum Gasteiger partial charge on any atom is 0.266 e. The quantitative estimate of drug-likeness (QED) is 0.816.